The van der Waals surface area contributed by atoms with Crippen molar-refractivity contribution in [3.05, 3.63) is 59.8 Å². The van der Waals surface area contributed by atoms with Crippen molar-refractivity contribution in [2.45, 2.75) is 25.7 Å². The molecule has 0 spiro atoms. The van der Waals surface area contributed by atoms with Crippen molar-refractivity contribution in [3.8, 4) is 0 Å². The molecule has 4 nitrogen and oxygen atoms in total. The minimum atomic E-state index is 0.560. The maximum absolute atomic E-state index is 4.61. The molecule has 2 unspecified atom stereocenters. The van der Waals surface area contributed by atoms with Crippen LogP contribution >= 0.6 is 0 Å². The standard InChI is InChI=1S/C24H28N4/c1-16-15-28-9-5-7-18-11-19(12-21(24(18)28)22(16)14-25-2)27-20-10-17-6-3-4-8-23(17)26-13-20/h3-4,6,8,10-13,16,22,25,27H,5,7,9,14-15H2,1-2H3. The molecule has 3 heterocycles. The van der Waals surface area contributed by atoms with E-state index in [9.17, 15) is 0 Å². The Morgan fingerprint density at radius 1 is 1.14 bits per heavy atom. The maximum atomic E-state index is 4.61. The van der Waals surface area contributed by atoms with E-state index in [2.05, 4.69) is 70.9 Å². The predicted molar refractivity (Wildman–Crippen MR) is 118 cm³/mol. The van der Waals surface area contributed by atoms with Crippen molar-refractivity contribution >= 4 is 28.0 Å². The molecule has 5 rings (SSSR count). The Kier molecular flexibility index (Phi) is 4.44. The van der Waals surface area contributed by atoms with Gasteiger partial charge in [0.25, 0.3) is 0 Å². The van der Waals surface area contributed by atoms with Gasteiger partial charge in [0.2, 0.25) is 0 Å². The second-order valence-electron chi connectivity index (χ2n) is 8.31. The fourth-order valence-electron chi connectivity index (χ4n) is 5.02. The number of likely N-dealkylation sites (N-methyl/N-ethyl adjacent to an activating group) is 1. The molecule has 2 aliphatic rings. The van der Waals surface area contributed by atoms with Gasteiger partial charge in [0.05, 0.1) is 17.4 Å². The van der Waals surface area contributed by atoms with Gasteiger partial charge in [-0.1, -0.05) is 25.1 Å². The summed E-state index contributed by atoms with van der Waals surface area (Å²) in [4.78, 5) is 7.22. The van der Waals surface area contributed by atoms with Crippen LogP contribution in [0.25, 0.3) is 10.9 Å². The Labute approximate surface area is 167 Å². The summed E-state index contributed by atoms with van der Waals surface area (Å²) in [6.45, 7) is 5.79. The lowest BCUT2D eigenvalue weighted by atomic mass is 9.79. The highest BCUT2D eigenvalue weighted by Gasteiger charge is 2.34. The normalized spacial score (nSPS) is 20.9. The average molecular weight is 373 g/mol. The summed E-state index contributed by atoms with van der Waals surface area (Å²) in [5.41, 5.74) is 7.77. The lowest BCUT2D eigenvalue weighted by Crippen LogP contribution is -2.42. The molecule has 2 N–H and O–H groups in total. The van der Waals surface area contributed by atoms with E-state index in [-0.39, 0.29) is 0 Å². The van der Waals surface area contributed by atoms with Gasteiger partial charge < -0.3 is 15.5 Å². The predicted octanol–water partition coefficient (Wildman–Crippen LogP) is 4.68. The van der Waals surface area contributed by atoms with Crippen LogP contribution in [-0.2, 0) is 6.42 Å². The number of rotatable bonds is 4. The number of aromatic nitrogens is 1. The Bertz CT molecular complexity index is 1010. The quantitative estimate of drug-likeness (QED) is 0.697. The van der Waals surface area contributed by atoms with Crippen molar-refractivity contribution in [1.29, 1.82) is 0 Å². The van der Waals surface area contributed by atoms with Crippen molar-refractivity contribution < 1.29 is 0 Å². The van der Waals surface area contributed by atoms with Crippen LogP contribution in [0.15, 0.2) is 48.7 Å². The zero-order valence-electron chi connectivity index (χ0n) is 16.7. The summed E-state index contributed by atoms with van der Waals surface area (Å²) in [7, 11) is 2.06. The van der Waals surface area contributed by atoms with Gasteiger partial charge in [0, 0.05) is 42.3 Å². The monoisotopic (exact) mass is 372 g/mol. The van der Waals surface area contributed by atoms with Crippen LogP contribution in [0, 0.1) is 5.92 Å². The van der Waals surface area contributed by atoms with E-state index in [1.165, 1.54) is 53.8 Å². The Morgan fingerprint density at radius 3 is 2.93 bits per heavy atom. The topological polar surface area (TPSA) is 40.2 Å². The molecule has 0 saturated heterocycles. The lowest BCUT2D eigenvalue weighted by Gasteiger charge is -2.43. The van der Waals surface area contributed by atoms with Crippen molar-refractivity contribution in [2.75, 3.05) is 36.9 Å². The molecule has 0 saturated carbocycles. The van der Waals surface area contributed by atoms with Crippen molar-refractivity contribution in [3.63, 3.8) is 0 Å². The number of aryl methyl sites for hydroxylation is 1. The Morgan fingerprint density at radius 2 is 2.04 bits per heavy atom. The van der Waals surface area contributed by atoms with Crippen molar-refractivity contribution in [1.82, 2.24) is 10.3 Å². The first-order chi connectivity index (χ1) is 13.7. The molecule has 0 aliphatic carbocycles. The number of nitrogens with one attached hydrogen (secondary N) is 2. The SMILES string of the molecule is CNCC1c2cc(Nc3cnc4ccccc4c3)cc3c2N(CCC3)CC1C. The van der Waals surface area contributed by atoms with Crippen LogP contribution in [0.2, 0.25) is 0 Å². The summed E-state index contributed by atoms with van der Waals surface area (Å²) < 4.78 is 0. The molecule has 2 aromatic carbocycles. The molecule has 28 heavy (non-hydrogen) atoms. The number of para-hydroxylation sites is 1. The number of hydrogen-bond donors (Lipinski definition) is 2. The van der Waals surface area contributed by atoms with Gasteiger partial charge in [-0.05, 0) is 61.2 Å². The summed E-state index contributed by atoms with van der Waals surface area (Å²) in [6.07, 6.45) is 4.36. The van der Waals surface area contributed by atoms with Gasteiger partial charge in [0.1, 0.15) is 0 Å². The lowest BCUT2D eigenvalue weighted by molar-refractivity contribution is 0.412. The molecule has 2 aliphatic heterocycles. The van der Waals surface area contributed by atoms with Crippen molar-refractivity contribution in [2.24, 2.45) is 5.92 Å². The Hall–Kier alpha value is -2.59. The van der Waals surface area contributed by atoms with Gasteiger partial charge in [0.15, 0.2) is 0 Å². The minimum absolute atomic E-state index is 0.560. The van der Waals surface area contributed by atoms with E-state index >= 15 is 0 Å². The van der Waals surface area contributed by atoms with Gasteiger partial charge >= 0.3 is 0 Å². The number of pyridine rings is 1. The number of anilines is 3. The van der Waals surface area contributed by atoms with Crippen LogP contribution in [0.4, 0.5) is 17.1 Å². The molecule has 144 valence electrons. The first-order valence-corrected chi connectivity index (χ1v) is 10.4. The molecule has 3 aromatic rings. The van der Waals surface area contributed by atoms with Crippen LogP contribution in [0.3, 0.4) is 0 Å². The highest BCUT2D eigenvalue weighted by atomic mass is 15.2. The molecule has 1 aromatic heterocycles. The van der Waals surface area contributed by atoms with E-state index in [0.717, 1.165) is 17.7 Å². The molecule has 0 amide bonds. The Balaban J connectivity index is 1.55. The zero-order chi connectivity index (χ0) is 19.1. The zero-order valence-corrected chi connectivity index (χ0v) is 16.7. The smallest absolute Gasteiger partial charge is 0.0703 e. The van der Waals surface area contributed by atoms with Crippen LogP contribution < -0.4 is 15.5 Å². The van der Waals surface area contributed by atoms with E-state index in [1.54, 1.807) is 0 Å². The third-order valence-electron chi connectivity index (χ3n) is 6.31. The summed E-state index contributed by atoms with van der Waals surface area (Å²) in [5, 5.41) is 8.22. The maximum Gasteiger partial charge on any atom is 0.0703 e. The summed E-state index contributed by atoms with van der Waals surface area (Å²) in [6, 6.07) is 15.2. The molecule has 0 fully saturated rings. The number of hydrogen-bond acceptors (Lipinski definition) is 4. The fourth-order valence-corrected chi connectivity index (χ4v) is 5.02. The van der Waals surface area contributed by atoms with Crippen LogP contribution in [0.5, 0.6) is 0 Å². The number of fused-ring (bicyclic) bond motifs is 1. The van der Waals surface area contributed by atoms with E-state index in [4.69, 9.17) is 0 Å². The molecule has 4 heteroatoms. The third kappa shape index (κ3) is 3.02. The minimum Gasteiger partial charge on any atom is -0.371 e. The first kappa shape index (κ1) is 17.5. The highest BCUT2D eigenvalue weighted by Crippen LogP contribution is 2.44. The summed E-state index contributed by atoms with van der Waals surface area (Å²) in [5.74, 6) is 1.22. The molecule has 0 radical (unpaired) electrons. The van der Waals surface area contributed by atoms with Gasteiger partial charge in [-0.15, -0.1) is 0 Å². The largest absolute Gasteiger partial charge is 0.371 e. The fraction of sp³-hybridized carbons (Fsp3) is 0.375. The van der Waals surface area contributed by atoms with E-state index in [0.29, 0.717) is 11.8 Å². The van der Waals surface area contributed by atoms with Gasteiger partial charge in [-0.3, -0.25) is 4.98 Å². The van der Waals surface area contributed by atoms with Gasteiger partial charge in [-0.2, -0.15) is 0 Å². The van der Waals surface area contributed by atoms with Crippen LogP contribution in [-0.4, -0.2) is 31.7 Å². The molecule has 0 bridgehead atoms. The highest BCUT2D eigenvalue weighted by molar-refractivity contribution is 5.83. The third-order valence-corrected chi connectivity index (χ3v) is 6.31. The average Bonchev–Trinajstić information content (AvgIpc) is 2.71. The second kappa shape index (κ2) is 7.10. The molecular formula is C24H28N4. The molecular weight excluding hydrogens is 344 g/mol. The number of benzene rings is 2. The van der Waals surface area contributed by atoms with E-state index in [1.807, 2.05) is 12.3 Å². The second-order valence-corrected chi connectivity index (χ2v) is 8.31. The number of nitrogens with zero attached hydrogens (tertiary/aromatic N) is 2. The summed E-state index contributed by atoms with van der Waals surface area (Å²) >= 11 is 0. The van der Waals surface area contributed by atoms with Gasteiger partial charge in [-0.25, -0.2) is 0 Å². The van der Waals surface area contributed by atoms with Crippen LogP contribution in [0.1, 0.15) is 30.4 Å². The van der Waals surface area contributed by atoms with E-state index < -0.39 is 0 Å². The first-order valence-electron chi connectivity index (χ1n) is 10.4. The molecule has 2 atom stereocenters.